The van der Waals surface area contributed by atoms with Gasteiger partial charge >= 0.3 is 0 Å². The van der Waals surface area contributed by atoms with Crippen molar-refractivity contribution in [2.45, 2.75) is 19.9 Å². The molecule has 1 aromatic rings. The van der Waals surface area contributed by atoms with Gasteiger partial charge in [-0.1, -0.05) is 0 Å². The van der Waals surface area contributed by atoms with Crippen LogP contribution in [0.3, 0.4) is 0 Å². The zero-order chi connectivity index (χ0) is 12.4. The van der Waals surface area contributed by atoms with Crippen molar-refractivity contribution < 1.29 is 4.42 Å². The van der Waals surface area contributed by atoms with Crippen LogP contribution in [0, 0.1) is 13.8 Å². The van der Waals surface area contributed by atoms with Crippen LogP contribution in [0.4, 0.5) is 0 Å². The Morgan fingerprint density at radius 3 is 2.47 bits per heavy atom. The molecule has 0 saturated carbocycles. The fourth-order valence-electron chi connectivity index (χ4n) is 2.53. The summed E-state index contributed by atoms with van der Waals surface area (Å²) in [6.45, 7) is 9.48. The molecule has 1 aliphatic heterocycles. The molecule has 4 heteroatoms. The second-order valence-electron chi connectivity index (χ2n) is 5.10. The van der Waals surface area contributed by atoms with Gasteiger partial charge in [-0.25, -0.2) is 0 Å². The summed E-state index contributed by atoms with van der Waals surface area (Å²) in [7, 11) is 2.17. The van der Waals surface area contributed by atoms with E-state index in [9.17, 15) is 0 Å². The molecule has 2 rings (SSSR count). The number of nitrogens with two attached hydrogens (primary N) is 1. The number of piperazine rings is 1. The molecule has 1 unspecified atom stereocenters. The van der Waals surface area contributed by atoms with Gasteiger partial charge in [-0.2, -0.15) is 0 Å². The van der Waals surface area contributed by atoms with E-state index in [1.807, 2.05) is 6.92 Å². The van der Waals surface area contributed by atoms with Gasteiger partial charge in [0.2, 0.25) is 0 Å². The van der Waals surface area contributed by atoms with Crippen LogP contribution in [0.2, 0.25) is 0 Å². The lowest BCUT2D eigenvalue weighted by Gasteiger charge is -2.33. The Morgan fingerprint density at radius 1 is 1.29 bits per heavy atom. The van der Waals surface area contributed by atoms with Crippen LogP contribution in [-0.2, 0) is 0 Å². The van der Waals surface area contributed by atoms with Crippen molar-refractivity contribution in [1.82, 2.24) is 9.80 Å². The maximum absolute atomic E-state index is 6.29. The summed E-state index contributed by atoms with van der Waals surface area (Å²) < 4.78 is 5.42. The highest BCUT2D eigenvalue weighted by atomic mass is 16.3. The third-order valence-electron chi connectivity index (χ3n) is 3.64. The Morgan fingerprint density at radius 2 is 1.94 bits per heavy atom. The molecular weight excluding hydrogens is 214 g/mol. The first kappa shape index (κ1) is 12.6. The van der Waals surface area contributed by atoms with Crippen molar-refractivity contribution in [3.05, 3.63) is 23.2 Å². The van der Waals surface area contributed by atoms with Gasteiger partial charge in [-0.15, -0.1) is 0 Å². The molecule has 0 bridgehead atoms. The topological polar surface area (TPSA) is 45.6 Å². The fraction of sp³-hybridized carbons (Fsp3) is 0.692. The van der Waals surface area contributed by atoms with Crippen LogP contribution in [0.15, 0.2) is 10.7 Å². The van der Waals surface area contributed by atoms with Gasteiger partial charge in [0.1, 0.15) is 5.76 Å². The van der Waals surface area contributed by atoms with Crippen molar-refractivity contribution in [3.8, 4) is 0 Å². The van der Waals surface area contributed by atoms with E-state index in [1.165, 1.54) is 11.1 Å². The molecule has 0 aromatic carbocycles. The molecule has 2 N–H and O–H groups in total. The van der Waals surface area contributed by atoms with Gasteiger partial charge in [0.05, 0.1) is 6.26 Å². The first-order chi connectivity index (χ1) is 8.08. The molecule has 17 heavy (non-hydrogen) atoms. The molecule has 0 spiro atoms. The maximum atomic E-state index is 6.29. The van der Waals surface area contributed by atoms with Gasteiger partial charge in [0.15, 0.2) is 0 Å². The lowest BCUT2D eigenvalue weighted by atomic mass is 10.0. The number of rotatable bonds is 3. The Balaban J connectivity index is 1.95. The van der Waals surface area contributed by atoms with Gasteiger partial charge in [0.25, 0.3) is 0 Å². The van der Waals surface area contributed by atoms with E-state index < -0.39 is 0 Å². The Kier molecular flexibility index (Phi) is 3.86. The standard InChI is InChI=1S/C13H23N3O/c1-10-9-17-11(2)13(10)12(14)8-16-6-4-15(3)5-7-16/h9,12H,4-8,14H2,1-3H3. The van der Waals surface area contributed by atoms with Crippen molar-refractivity contribution in [3.63, 3.8) is 0 Å². The number of nitrogens with zero attached hydrogens (tertiary/aromatic N) is 2. The molecule has 1 aromatic heterocycles. The fourth-order valence-corrected chi connectivity index (χ4v) is 2.53. The van der Waals surface area contributed by atoms with Crippen LogP contribution < -0.4 is 5.73 Å². The average Bonchev–Trinajstić information content (AvgIpc) is 2.62. The summed E-state index contributed by atoms with van der Waals surface area (Å²) in [5.74, 6) is 0.962. The minimum atomic E-state index is 0.0668. The number of likely N-dealkylation sites (N-methyl/N-ethyl adjacent to an activating group) is 1. The van der Waals surface area contributed by atoms with E-state index in [0.717, 1.165) is 38.5 Å². The molecule has 0 radical (unpaired) electrons. The van der Waals surface area contributed by atoms with Crippen LogP contribution in [0.5, 0.6) is 0 Å². The summed E-state index contributed by atoms with van der Waals surface area (Å²) in [5.41, 5.74) is 8.65. The predicted octanol–water partition coefficient (Wildman–Crippen LogP) is 1.14. The van der Waals surface area contributed by atoms with Crippen molar-refractivity contribution in [1.29, 1.82) is 0 Å². The number of aryl methyl sites for hydroxylation is 2. The summed E-state index contributed by atoms with van der Waals surface area (Å²) >= 11 is 0. The van der Waals surface area contributed by atoms with Crippen LogP contribution in [0.25, 0.3) is 0 Å². The molecule has 2 heterocycles. The van der Waals surface area contributed by atoms with E-state index in [4.69, 9.17) is 10.2 Å². The first-order valence-corrected chi connectivity index (χ1v) is 6.29. The molecule has 0 aliphatic carbocycles. The normalized spacial score (nSPS) is 20.7. The van der Waals surface area contributed by atoms with Crippen LogP contribution in [0.1, 0.15) is 22.9 Å². The SMILES string of the molecule is Cc1coc(C)c1C(N)CN1CCN(C)CC1. The lowest BCUT2D eigenvalue weighted by molar-refractivity contribution is 0.147. The highest BCUT2D eigenvalue weighted by Gasteiger charge is 2.20. The molecule has 1 fully saturated rings. The third kappa shape index (κ3) is 2.89. The second-order valence-corrected chi connectivity index (χ2v) is 5.10. The monoisotopic (exact) mass is 237 g/mol. The summed E-state index contributed by atoms with van der Waals surface area (Å²) in [6.07, 6.45) is 1.80. The molecule has 4 nitrogen and oxygen atoms in total. The molecule has 0 amide bonds. The maximum Gasteiger partial charge on any atom is 0.105 e. The first-order valence-electron chi connectivity index (χ1n) is 6.29. The van der Waals surface area contributed by atoms with E-state index in [-0.39, 0.29) is 6.04 Å². The largest absolute Gasteiger partial charge is 0.469 e. The van der Waals surface area contributed by atoms with Crippen molar-refractivity contribution in [2.24, 2.45) is 5.73 Å². The third-order valence-corrected chi connectivity index (χ3v) is 3.64. The smallest absolute Gasteiger partial charge is 0.105 e. The quantitative estimate of drug-likeness (QED) is 0.856. The lowest BCUT2D eigenvalue weighted by Crippen LogP contribution is -2.46. The van der Waals surface area contributed by atoms with E-state index in [2.05, 4.69) is 23.8 Å². The Hall–Kier alpha value is -0.840. The Labute approximate surface area is 103 Å². The van der Waals surface area contributed by atoms with Gasteiger partial charge in [-0.3, -0.25) is 4.90 Å². The summed E-state index contributed by atoms with van der Waals surface area (Å²) in [6, 6.07) is 0.0668. The van der Waals surface area contributed by atoms with Crippen LogP contribution in [-0.4, -0.2) is 49.6 Å². The number of hydrogen-bond acceptors (Lipinski definition) is 4. The highest BCUT2D eigenvalue weighted by molar-refractivity contribution is 5.29. The zero-order valence-corrected chi connectivity index (χ0v) is 11.1. The van der Waals surface area contributed by atoms with Crippen molar-refractivity contribution >= 4 is 0 Å². The average molecular weight is 237 g/mol. The van der Waals surface area contributed by atoms with Gasteiger partial charge in [-0.05, 0) is 26.5 Å². The van der Waals surface area contributed by atoms with Crippen molar-refractivity contribution in [2.75, 3.05) is 39.8 Å². The van der Waals surface area contributed by atoms with E-state index in [1.54, 1.807) is 6.26 Å². The Bertz CT molecular complexity index is 347. The van der Waals surface area contributed by atoms with Crippen LogP contribution >= 0.6 is 0 Å². The number of hydrogen-bond donors (Lipinski definition) is 1. The second kappa shape index (κ2) is 5.21. The minimum Gasteiger partial charge on any atom is -0.469 e. The van der Waals surface area contributed by atoms with Gasteiger partial charge in [0, 0.05) is 44.3 Å². The summed E-state index contributed by atoms with van der Waals surface area (Å²) in [5, 5.41) is 0. The highest BCUT2D eigenvalue weighted by Crippen LogP contribution is 2.22. The molecule has 96 valence electrons. The zero-order valence-electron chi connectivity index (χ0n) is 11.1. The molecule has 1 atom stereocenters. The van der Waals surface area contributed by atoms with Gasteiger partial charge < -0.3 is 15.1 Å². The van der Waals surface area contributed by atoms with E-state index in [0.29, 0.717) is 0 Å². The minimum absolute atomic E-state index is 0.0668. The molecular formula is C13H23N3O. The summed E-state index contributed by atoms with van der Waals surface area (Å²) in [4.78, 5) is 4.80. The predicted molar refractivity (Wildman–Crippen MR) is 69.0 cm³/mol. The molecule has 1 saturated heterocycles. The molecule has 1 aliphatic rings. The van der Waals surface area contributed by atoms with E-state index >= 15 is 0 Å². The number of furan rings is 1.